The third-order valence-electron chi connectivity index (χ3n) is 4.31. The maximum atomic E-state index is 9.49. The molecule has 3 aromatic heterocycles. The highest BCUT2D eigenvalue weighted by atomic mass is 32.1. The summed E-state index contributed by atoms with van der Waals surface area (Å²) in [5.74, 6) is 0.963. The number of hydrogen-bond donors (Lipinski definition) is 1. The molecule has 25 heavy (non-hydrogen) atoms. The first-order chi connectivity index (χ1) is 12.3. The van der Waals surface area contributed by atoms with Gasteiger partial charge in [-0.25, -0.2) is 15.0 Å². The van der Waals surface area contributed by atoms with Gasteiger partial charge in [-0.15, -0.1) is 0 Å². The average Bonchev–Trinajstić information content (AvgIpc) is 3.35. The standard InChI is InChI=1S/C18H16N6S/c19-8-15-14(7-16(23-17(15)20)12-3-6-25-11-12)13-9-21-18(22-10-13)24-4-1-2-5-24/h3,6-7,9-11H,1-2,4-5H2,(H2,20,23). The van der Waals surface area contributed by atoms with Crippen molar-refractivity contribution in [2.24, 2.45) is 0 Å². The Hall–Kier alpha value is -2.98. The van der Waals surface area contributed by atoms with Crippen LogP contribution in [0.15, 0.2) is 35.3 Å². The minimum absolute atomic E-state index is 0.227. The van der Waals surface area contributed by atoms with Crippen molar-refractivity contribution in [1.82, 2.24) is 15.0 Å². The quantitative estimate of drug-likeness (QED) is 0.780. The number of anilines is 2. The molecule has 0 atom stereocenters. The van der Waals surface area contributed by atoms with Gasteiger partial charge in [0.15, 0.2) is 0 Å². The van der Waals surface area contributed by atoms with Crippen LogP contribution in [0, 0.1) is 11.3 Å². The molecule has 0 bridgehead atoms. The van der Waals surface area contributed by atoms with Crippen LogP contribution in [-0.4, -0.2) is 28.0 Å². The highest BCUT2D eigenvalue weighted by Crippen LogP contribution is 2.31. The predicted octanol–water partition coefficient (Wildman–Crippen LogP) is 3.32. The summed E-state index contributed by atoms with van der Waals surface area (Å²) in [6, 6.07) is 6.02. The lowest BCUT2D eigenvalue weighted by Gasteiger charge is -2.15. The van der Waals surface area contributed by atoms with Gasteiger partial charge in [0.1, 0.15) is 17.5 Å². The van der Waals surface area contributed by atoms with E-state index in [2.05, 4.69) is 25.9 Å². The Kier molecular flexibility index (Phi) is 4.04. The van der Waals surface area contributed by atoms with Gasteiger partial charge in [0.05, 0.1) is 5.69 Å². The van der Waals surface area contributed by atoms with Gasteiger partial charge >= 0.3 is 0 Å². The number of nitrogens with zero attached hydrogens (tertiary/aromatic N) is 5. The molecule has 0 unspecified atom stereocenters. The fraction of sp³-hybridized carbons (Fsp3) is 0.222. The van der Waals surface area contributed by atoms with Crippen molar-refractivity contribution < 1.29 is 0 Å². The van der Waals surface area contributed by atoms with Crippen molar-refractivity contribution >= 4 is 23.1 Å². The lowest BCUT2D eigenvalue weighted by Crippen LogP contribution is -2.20. The largest absolute Gasteiger partial charge is 0.383 e. The van der Waals surface area contributed by atoms with Crippen molar-refractivity contribution in [3.63, 3.8) is 0 Å². The molecule has 6 nitrogen and oxygen atoms in total. The molecule has 0 amide bonds. The molecule has 1 saturated heterocycles. The van der Waals surface area contributed by atoms with Gasteiger partial charge in [0.25, 0.3) is 0 Å². The van der Waals surface area contributed by atoms with E-state index in [1.54, 1.807) is 23.7 Å². The van der Waals surface area contributed by atoms with Crippen molar-refractivity contribution in [1.29, 1.82) is 5.26 Å². The van der Waals surface area contributed by atoms with Crippen LogP contribution in [0.1, 0.15) is 18.4 Å². The van der Waals surface area contributed by atoms with Crippen molar-refractivity contribution in [3.05, 3.63) is 40.8 Å². The zero-order chi connectivity index (χ0) is 17.2. The second-order valence-corrected chi connectivity index (χ2v) is 6.69. The number of nitriles is 1. The summed E-state index contributed by atoms with van der Waals surface area (Å²) in [5, 5.41) is 13.5. The Bertz CT molecular complexity index is 921. The van der Waals surface area contributed by atoms with Crippen LogP contribution in [0.5, 0.6) is 0 Å². The first-order valence-corrected chi connectivity index (χ1v) is 9.01. The van der Waals surface area contributed by atoms with Crippen LogP contribution >= 0.6 is 11.3 Å². The Morgan fingerprint density at radius 3 is 2.56 bits per heavy atom. The second kappa shape index (κ2) is 6.49. The summed E-state index contributed by atoms with van der Waals surface area (Å²) in [6.45, 7) is 1.99. The third kappa shape index (κ3) is 2.92. The normalized spacial score (nSPS) is 13.8. The van der Waals surface area contributed by atoms with E-state index >= 15 is 0 Å². The molecular formula is C18H16N6S. The van der Waals surface area contributed by atoms with Gasteiger partial charge in [-0.2, -0.15) is 16.6 Å². The number of nitrogen functional groups attached to an aromatic ring is 1. The van der Waals surface area contributed by atoms with Gasteiger partial charge in [0.2, 0.25) is 5.95 Å². The van der Waals surface area contributed by atoms with E-state index in [0.717, 1.165) is 35.9 Å². The van der Waals surface area contributed by atoms with Crippen LogP contribution in [-0.2, 0) is 0 Å². The molecule has 3 aromatic rings. The monoisotopic (exact) mass is 348 g/mol. The highest BCUT2D eigenvalue weighted by molar-refractivity contribution is 7.08. The van der Waals surface area contributed by atoms with E-state index in [4.69, 9.17) is 5.73 Å². The van der Waals surface area contributed by atoms with Crippen LogP contribution in [0.25, 0.3) is 22.4 Å². The number of nitrogens with two attached hydrogens (primary N) is 1. The van der Waals surface area contributed by atoms with Crippen molar-refractivity contribution in [2.45, 2.75) is 12.8 Å². The molecule has 0 saturated carbocycles. The van der Waals surface area contributed by atoms with Gasteiger partial charge in [0, 0.05) is 47.6 Å². The maximum absolute atomic E-state index is 9.49. The number of hydrogen-bond acceptors (Lipinski definition) is 7. The topological polar surface area (TPSA) is 91.7 Å². The van der Waals surface area contributed by atoms with Gasteiger partial charge < -0.3 is 10.6 Å². The number of aromatic nitrogens is 3. The molecule has 0 spiro atoms. The molecular weight excluding hydrogens is 332 g/mol. The first kappa shape index (κ1) is 15.5. The summed E-state index contributed by atoms with van der Waals surface area (Å²) in [4.78, 5) is 15.5. The van der Waals surface area contributed by atoms with Crippen LogP contribution in [0.3, 0.4) is 0 Å². The number of pyridine rings is 1. The summed E-state index contributed by atoms with van der Waals surface area (Å²) < 4.78 is 0. The molecule has 0 aliphatic carbocycles. The Morgan fingerprint density at radius 2 is 1.92 bits per heavy atom. The Morgan fingerprint density at radius 1 is 1.16 bits per heavy atom. The van der Waals surface area contributed by atoms with E-state index < -0.39 is 0 Å². The highest BCUT2D eigenvalue weighted by Gasteiger charge is 2.17. The summed E-state index contributed by atoms with van der Waals surface area (Å²) in [6.07, 6.45) is 5.87. The molecule has 0 aromatic carbocycles. The van der Waals surface area contributed by atoms with E-state index in [0.29, 0.717) is 11.1 Å². The minimum Gasteiger partial charge on any atom is -0.383 e. The molecule has 2 N–H and O–H groups in total. The first-order valence-electron chi connectivity index (χ1n) is 8.07. The molecule has 1 aliphatic rings. The van der Waals surface area contributed by atoms with E-state index in [9.17, 15) is 5.26 Å². The summed E-state index contributed by atoms with van der Waals surface area (Å²) in [5.41, 5.74) is 9.60. The van der Waals surface area contributed by atoms with E-state index in [1.807, 2.05) is 22.9 Å². The Balaban J connectivity index is 1.77. The summed E-state index contributed by atoms with van der Waals surface area (Å²) in [7, 11) is 0. The summed E-state index contributed by atoms with van der Waals surface area (Å²) >= 11 is 1.59. The molecule has 1 aliphatic heterocycles. The fourth-order valence-electron chi connectivity index (χ4n) is 3.01. The lowest BCUT2D eigenvalue weighted by atomic mass is 10.0. The van der Waals surface area contributed by atoms with Crippen LogP contribution in [0.2, 0.25) is 0 Å². The van der Waals surface area contributed by atoms with Gasteiger partial charge in [-0.3, -0.25) is 0 Å². The zero-order valence-electron chi connectivity index (χ0n) is 13.5. The third-order valence-corrected chi connectivity index (χ3v) is 5.00. The number of thiophene rings is 1. The molecule has 7 heteroatoms. The SMILES string of the molecule is N#Cc1c(-c2cnc(N3CCCC3)nc2)cc(-c2ccsc2)nc1N. The maximum Gasteiger partial charge on any atom is 0.225 e. The van der Waals surface area contributed by atoms with Crippen LogP contribution < -0.4 is 10.6 Å². The zero-order valence-corrected chi connectivity index (χ0v) is 14.3. The molecule has 0 radical (unpaired) electrons. The number of rotatable bonds is 3. The van der Waals surface area contributed by atoms with Gasteiger partial charge in [-0.1, -0.05) is 0 Å². The van der Waals surface area contributed by atoms with Crippen LogP contribution in [0.4, 0.5) is 11.8 Å². The van der Waals surface area contributed by atoms with Crippen molar-refractivity contribution in [3.8, 4) is 28.5 Å². The predicted molar refractivity (Wildman–Crippen MR) is 99.2 cm³/mol. The van der Waals surface area contributed by atoms with E-state index in [-0.39, 0.29) is 5.82 Å². The van der Waals surface area contributed by atoms with Gasteiger partial charge in [-0.05, 0) is 30.4 Å². The fourth-order valence-corrected chi connectivity index (χ4v) is 3.66. The Labute approximate surface area is 149 Å². The van der Waals surface area contributed by atoms with E-state index in [1.165, 1.54) is 12.8 Å². The average molecular weight is 348 g/mol. The lowest BCUT2D eigenvalue weighted by molar-refractivity contribution is 0.899. The second-order valence-electron chi connectivity index (χ2n) is 5.91. The molecule has 4 rings (SSSR count). The molecule has 124 valence electrons. The van der Waals surface area contributed by atoms with Crippen molar-refractivity contribution in [2.75, 3.05) is 23.7 Å². The molecule has 4 heterocycles. The minimum atomic E-state index is 0.227. The smallest absolute Gasteiger partial charge is 0.225 e. The molecule has 1 fully saturated rings.